The Hall–Kier alpha value is -0.770. The molecular weight excluding hydrogens is 230 g/mol. The van der Waals surface area contributed by atoms with E-state index in [2.05, 4.69) is 26.1 Å². The van der Waals surface area contributed by atoms with E-state index in [1.165, 1.54) is 6.42 Å². The van der Waals surface area contributed by atoms with Gasteiger partial charge in [0.25, 0.3) is 0 Å². The molecule has 0 aromatic heterocycles. The maximum atomic E-state index is 11.7. The number of ether oxygens (including phenoxy) is 2. The Morgan fingerprint density at radius 3 is 2.72 bits per heavy atom. The normalized spacial score (nSPS) is 28.2. The molecule has 0 bridgehead atoms. The van der Waals surface area contributed by atoms with Crippen molar-refractivity contribution < 1.29 is 14.3 Å². The van der Waals surface area contributed by atoms with Crippen molar-refractivity contribution in [1.82, 2.24) is 5.32 Å². The molecule has 0 saturated heterocycles. The van der Waals surface area contributed by atoms with Crippen LogP contribution >= 0.6 is 0 Å². The number of methoxy groups -OCH3 is 1. The van der Waals surface area contributed by atoms with E-state index in [4.69, 9.17) is 9.47 Å². The lowest BCUT2D eigenvalue weighted by Gasteiger charge is -2.36. The first-order valence-corrected chi connectivity index (χ1v) is 6.98. The molecule has 1 N–H and O–H groups in total. The van der Waals surface area contributed by atoms with E-state index in [9.17, 15) is 4.79 Å². The van der Waals surface area contributed by atoms with E-state index in [0.717, 1.165) is 12.8 Å². The summed E-state index contributed by atoms with van der Waals surface area (Å²) < 4.78 is 10.5. The third-order valence-corrected chi connectivity index (χ3v) is 3.80. The SMILES string of the molecule is COCCNC(=O)O[C@@H]1C[C@H](C)CC[C@H]1C(C)C. The number of carbonyl (C=O) groups excluding carboxylic acids is 1. The largest absolute Gasteiger partial charge is 0.446 e. The standard InChI is InChI=1S/C14H27NO3/c1-10(2)12-6-5-11(3)9-13(12)18-14(16)15-7-8-17-4/h10-13H,5-9H2,1-4H3,(H,15,16)/t11-,12+,13-/m1/s1. The Balaban J connectivity index is 2.42. The summed E-state index contributed by atoms with van der Waals surface area (Å²) in [6, 6.07) is 0. The molecule has 1 amide bonds. The van der Waals surface area contributed by atoms with Crippen LogP contribution in [-0.4, -0.2) is 32.5 Å². The fourth-order valence-corrected chi connectivity index (χ4v) is 2.68. The molecule has 3 atom stereocenters. The first kappa shape index (κ1) is 15.3. The Kier molecular flexibility index (Phi) is 6.47. The molecule has 18 heavy (non-hydrogen) atoms. The van der Waals surface area contributed by atoms with Gasteiger partial charge in [-0.05, 0) is 30.6 Å². The highest BCUT2D eigenvalue weighted by Crippen LogP contribution is 2.35. The van der Waals surface area contributed by atoms with Crippen LogP contribution in [0.5, 0.6) is 0 Å². The monoisotopic (exact) mass is 257 g/mol. The van der Waals surface area contributed by atoms with Gasteiger partial charge in [-0.1, -0.05) is 27.2 Å². The molecule has 0 radical (unpaired) electrons. The Morgan fingerprint density at radius 1 is 1.39 bits per heavy atom. The third kappa shape index (κ3) is 4.84. The van der Waals surface area contributed by atoms with Crippen molar-refractivity contribution in [2.75, 3.05) is 20.3 Å². The second kappa shape index (κ2) is 7.62. The predicted molar refractivity (Wildman–Crippen MR) is 71.5 cm³/mol. The summed E-state index contributed by atoms with van der Waals surface area (Å²) in [5, 5.41) is 2.72. The van der Waals surface area contributed by atoms with Crippen LogP contribution in [0.3, 0.4) is 0 Å². The van der Waals surface area contributed by atoms with Gasteiger partial charge in [0, 0.05) is 13.7 Å². The molecule has 0 heterocycles. The van der Waals surface area contributed by atoms with Gasteiger partial charge >= 0.3 is 6.09 Å². The van der Waals surface area contributed by atoms with Gasteiger partial charge in [-0.15, -0.1) is 0 Å². The quantitative estimate of drug-likeness (QED) is 0.770. The number of hydrogen-bond donors (Lipinski definition) is 1. The van der Waals surface area contributed by atoms with Gasteiger partial charge in [-0.25, -0.2) is 4.79 Å². The summed E-state index contributed by atoms with van der Waals surface area (Å²) >= 11 is 0. The summed E-state index contributed by atoms with van der Waals surface area (Å²) in [6.07, 6.45) is 3.15. The van der Waals surface area contributed by atoms with Crippen molar-refractivity contribution >= 4 is 6.09 Å². The zero-order valence-corrected chi connectivity index (χ0v) is 12.1. The van der Waals surface area contributed by atoms with Crippen LogP contribution in [0.25, 0.3) is 0 Å². The molecule has 106 valence electrons. The maximum absolute atomic E-state index is 11.7. The summed E-state index contributed by atoms with van der Waals surface area (Å²) in [5.41, 5.74) is 0. The van der Waals surface area contributed by atoms with Crippen LogP contribution in [0.4, 0.5) is 4.79 Å². The minimum absolute atomic E-state index is 0.0660. The molecule has 0 spiro atoms. The molecular formula is C14H27NO3. The molecule has 0 aliphatic heterocycles. The highest BCUT2D eigenvalue weighted by Gasteiger charge is 2.33. The van der Waals surface area contributed by atoms with Gasteiger partial charge in [0.15, 0.2) is 0 Å². The average molecular weight is 257 g/mol. The van der Waals surface area contributed by atoms with E-state index in [-0.39, 0.29) is 12.2 Å². The second-order valence-corrected chi connectivity index (χ2v) is 5.69. The van der Waals surface area contributed by atoms with Crippen LogP contribution in [0.1, 0.15) is 40.0 Å². The number of nitrogens with one attached hydrogen (secondary N) is 1. The van der Waals surface area contributed by atoms with E-state index >= 15 is 0 Å². The minimum Gasteiger partial charge on any atom is -0.446 e. The highest BCUT2D eigenvalue weighted by molar-refractivity contribution is 5.67. The van der Waals surface area contributed by atoms with Gasteiger partial charge in [0.05, 0.1) is 6.61 Å². The summed E-state index contributed by atoms with van der Waals surface area (Å²) in [7, 11) is 1.62. The zero-order valence-electron chi connectivity index (χ0n) is 12.1. The number of alkyl carbamates (subject to hydrolysis) is 1. The first-order chi connectivity index (χ1) is 8.54. The lowest BCUT2D eigenvalue weighted by Crippen LogP contribution is -2.39. The van der Waals surface area contributed by atoms with Crippen molar-refractivity contribution in [3.63, 3.8) is 0 Å². The van der Waals surface area contributed by atoms with E-state index in [0.29, 0.717) is 30.9 Å². The average Bonchev–Trinajstić information content (AvgIpc) is 2.29. The maximum Gasteiger partial charge on any atom is 0.407 e. The lowest BCUT2D eigenvalue weighted by atomic mass is 9.75. The van der Waals surface area contributed by atoms with Crippen LogP contribution in [0.15, 0.2) is 0 Å². The lowest BCUT2D eigenvalue weighted by molar-refractivity contribution is 0.00562. The summed E-state index contributed by atoms with van der Waals surface area (Å²) in [5.74, 6) is 1.71. The molecule has 1 aliphatic rings. The molecule has 1 saturated carbocycles. The number of rotatable bonds is 5. The molecule has 4 nitrogen and oxygen atoms in total. The Morgan fingerprint density at radius 2 is 2.11 bits per heavy atom. The predicted octanol–water partition coefficient (Wildman–Crippen LogP) is 2.82. The van der Waals surface area contributed by atoms with Gasteiger partial charge in [0.2, 0.25) is 0 Å². The number of carbonyl (C=O) groups is 1. The second-order valence-electron chi connectivity index (χ2n) is 5.69. The number of amides is 1. The fourth-order valence-electron chi connectivity index (χ4n) is 2.68. The molecule has 0 unspecified atom stereocenters. The smallest absolute Gasteiger partial charge is 0.407 e. The van der Waals surface area contributed by atoms with Crippen molar-refractivity contribution in [1.29, 1.82) is 0 Å². The van der Waals surface area contributed by atoms with Crippen LogP contribution in [0.2, 0.25) is 0 Å². The number of hydrogen-bond acceptors (Lipinski definition) is 3. The van der Waals surface area contributed by atoms with Gasteiger partial charge in [-0.3, -0.25) is 0 Å². The minimum atomic E-state index is -0.309. The van der Waals surface area contributed by atoms with Crippen LogP contribution < -0.4 is 5.32 Å². The highest BCUT2D eigenvalue weighted by atomic mass is 16.6. The van der Waals surface area contributed by atoms with E-state index in [1.807, 2.05) is 0 Å². The van der Waals surface area contributed by atoms with Gasteiger partial charge in [-0.2, -0.15) is 0 Å². The van der Waals surface area contributed by atoms with E-state index < -0.39 is 0 Å². The summed E-state index contributed by atoms with van der Waals surface area (Å²) in [6.45, 7) is 7.67. The third-order valence-electron chi connectivity index (χ3n) is 3.80. The van der Waals surface area contributed by atoms with Crippen molar-refractivity contribution in [3.05, 3.63) is 0 Å². The van der Waals surface area contributed by atoms with Gasteiger partial charge in [0.1, 0.15) is 6.10 Å². The van der Waals surface area contributed by atoms with Crippen molar-refractivity contribution in [2.45, 2.75) is 46.1 Å². The molecule has 1 aliphatic carbocycles. The van der Waals surface area contributed by atoms with Crippen molar-refractivity contribution in [2.24, 2.45) is 17.8 Å². The Labute approximate surface area is 110 Å². The fraction of sp³-hybridized carbons (Fsp3) is 0.929. The molecule has 0 aromatic rings. The van der Waals surface area contributed by atoms with Crippen LogP contribution in [-0.2, 0) is 9.47 Å². The molecule has 1 rings (SSSR count). The molecule has 0 aromatic carbocycles. The van der Waals surface area contributed by atoms with Crippen LogP contribution in [0, 0.1) is 17.8 Å². The summed E-state index contributed by atoms with van der Waals surface area (Å²) in [4.78, 5) is 11.7. The zero-order chi connectivity index (χ0) is 13.5. The molecule has 1 fully saturated rings. The topological polar surface area (TPSA) is 47.6 Å². The van der Waals surface area contributed by atoms with E-state index in [1.54, 1.807) is 7.11 Å². The van der Waals surface area contributed by atoms with Gasteiger partial charge < -0.3 is 14.8 Å². The molecule has 4 heteroatoms. The Bertz CT molecular complexity index is 255. The van der Waals surface area contributed by atoms with Crippen molar-refractivity contribution in [3.8, 4) is 0 Å². The first-order valence-electron chi connectivity index (χ1n) is 6.98.